The normalized spacial score (nSPS) is 12.2. The van der Waals surface area contributed by atoms with Crippen LogP contribution in [0.1, 0.15) is 30.3 Å². The third-order valence-corrected chi connectivity index (χ3v) is 2.69. The maximum Gasteiger partial charge on any atom is 0.248 e. The highest BCUT2D eigenvalue weighted by Crippen LogP contribution is 2.04. The second-order valence-corrected chi connectivity index (χ2v) is 4.17. The van der Waals surface area contributed by atoms with Gasteiger partial charge in [-0.25, -0.2) is 4.98 Å². The van der Waals surface area contributed by atoms with Crippen molar-refractivity contribution >= 4 is 17.3 Å². The van der Waals surface area contributed by atoms with Gasteiger partial charge in [-0.1, -0.05) is 0 Å². The molecule has 1 heterocycles. The summed E-state index contributed by atoms with van der Waals surface area (Å²) < 4.78 is 1.60. The van der Waals surface area contributed by atoms with Gasteiger partial charge in [0.2, 0.25) is 11.6 Å². The van der Waals surface area contributed by atoms with E-state index < -0.39 is 11.6 Å². The predicted octanol–water partition coefficient (Wildman–Crippen LogP) is 0.129. The lowest BCUT2D eigenvalue weighted by Gasteiger charge is -2.10. The molecule has 18 heavy (non-hydrogen) atoms. The van der Waals surface area contributed by atoms with E-state index >= 15 is 0 Å². The van der Waals surface area contributed by atoms with Crippen LogP contribution < -0.4 is 5.32 Å². The number of aromatic nitrogens is 2. The third-order valence-electron chi connectivity index (χ3n) is 2.69. The van der Waals surface area contributed by atoms with Crippen molar-refractivity contribution in [3.05, 3.63) is 18.2 Å². The molecule has 1 N–H and O–H groups in total. The zero-order chi connectivity index (χ0) is 13.7. The van der Waals surface area contributed by atoms with Crippen molar-refractivity contribution in [1.82, 2.24) is 14.9 Å². The van der Waals surface area contributed by atoms with E-state index in [4.69, 9.17) is 0 Å². The van der Waals surface area contributed by atoms with Crippen molar-refractivity contribution in [2.45, 2.75) is 25.8 Å². The summed E-state index contributed by atoms with van der Waals surface area (Å²) in [6.07, 6.45) is 3.33. The fourth-order valence-electron chi connectivity index (χ4n) is 1.61. The van der Waals surface area contributed by atoms with E-state index in [1.165, 1.54) is 19.4 Å². The number of imidazole rings is 1. The zero-order valence-corrected chi connectivity index (χ0v) is 10.8. The highest BCUT2D eigenvalue weighted by Gasteiger charge is 2.21. The molecular formula is C12H17N3O3. The molecule has 0 aromatic carbocycles. The first-order valence-corrected chi connectivity index (χ1v) is 5.69. The quantitative estimate of drug-likeness (QED) is 0.550. The SMILES string of the molecule is CN[C@@H](CCC(=O)C(=O)c1cn(C)cn1)C(C)=O. The summed E-state index contributed by atoms with van der Waals surface area (Å²) in [5.41, 5.74) is 0.145. The van der Waals surface area contributed by atoms with Crippen LogP contribution in [0.3, 0.4) is 0 Å². The van der Waals surface area contributed by atoms with Crippen LogP contribution in [0.15, 0.2) is 12.5 Å². The third kappa shape index (κ3) is 3.59. The predicted molar refractivity (Wildman–Crippen MR) is 65.3 cm³/mol. The fourth-order valence-corrected chi connectivity index (χ4v) is 1.61. The van der Waals surface area contributed by atoms with E-state index in [2.05, 4.69) is 10.3 Å². The molecule has 0 unspecified atom stereocenters. The number of nitrogens with one attached hydrogen (secondary N) is 1. The van der Waals surface area contributed by atoms with Crippen LogP contribution >= 0.6 is 0 Å². The van der Waals surface area contributed by atoms with Crippen LogP contribution in [0.5, 0.6) is 0 Å². The molecule has 1 aromatic rings. The van der Waals surface area contributed by atoms with Crippen molar-refractivity contribution in [2.75, 3.05) is 7.05 Å². The Morgan fingerprint density at radius 2 is 2.11 bits per heavy atom. The number of carbonyl (C=O) groups excluding carboxylic acids is 3. The molecule has 1 rings (SSSR count). The van der Waals surface area contributed by atoms with Gasteiger partial charge in [0, 0.05) is 19.7 Å². The van der Waals surface area contributed by atoms with Gasteiger partial charge in [-0.05, 0) is 20.4 Å². The van der Waals surface area contributed by atoms with Crippen molar-refractivity contribution in [2.24, 2.45) is 7.05 Å². The van der Waals surface area contributed by atoms with E-state index in [0.717, 1.165) is 0 Å². The summed E-state index contributed by atoms with van der Waals surface area (Å²) in [6, 6.07) is -0.384. The van der Waals surface area contributed by atoms with Crippen molar-refractivity contribution < 1.29 is 14.4 Å². The Morgan fingerprint density at radius 1 is 1.44 bits per heavy atom. The number of nitrogens with zero attached hydrogens (tertiary/aromatic N) is 2. The number of rotatable bonds is 7. The number of carbonyl (C=O) groups is 3. The molecule has 0 radical (unpaired) electrons. The van der Waals surface area contributed by atoms with Crippen LogP contribution in [-0.4, -0.2) is 40.0 Å². The standard InChI is InChI=1S/C12H17N3O3/c1-8(16)9(13-2)4-5-11(17)12(18)10-6-15(3)7-14-10/h6-7,9,13H,4-5H2,1-3H3/t9-/m0/s1. The summed E-state index contributed by atoms with van der Waals surface area (Å²) in [5.74, 6) is -1.17. The van der Waals surface area contributed by atoms with Crippen LogP contribution in [-0.2, 0) is 16.6 Å². The average molecular weight is 251 g/mol. The monoisotopic (exact) mass is 251 g/mol. The lowest BCUT2D eigenvalue weighted by molar-refractivity contribution is -0.119. The van der Waals surface area contributed by atoms with E-state index in [1.54, 1.807) is 18.7 Å². The highest BCUT2D eigenvalue weighted by molar-refractivity contribution is 6.43. The van der Waals surface area contributed by atoms with E-state index in [9.17, 15) is 14.4 Å². The molecule has 98 valence electrons. The Labute approximate surface area is 105 Å². The Kier molecular flexibility index (Phi) is 4.91. The van der Waals surface area contributed by atoms with E-state index in [0.29, 0.717) is 6.42 Å². The number of hydrogen-bond donors (Lipinski definition) is 1. The average Bonchev–Trinajstić information content (AvgIpc) is 2.75. The molecule has 0 aliphatic carbocycles. The first-order chi connectivity index (χ1) is 8.45. The lowest BCUT2D eigenvalue weighted by Crippen LogP contribution is -2.33. The second kappa shape index (κ2) is 6.20. The smallest absolute Gasteiger partial charge is 0.248 e. The van der Waals surface area contributed by atoms with Crippen LogP contribution in [0, 0.1) is 0 Å². The molecule has 1 atom stereocenters. The molecule has 0 bridgehead atoms. The van der Waals surface area contributed by atoms with Gasteiger partial charge in [-0.15, -0.1) is 0 Å². The summed E-state index contributed by atoms with van der Waals surface area (Å²) in [6.45, 7) is 1.45. The Hall–Kier alpha value is -1.82. The molecule has 0 spiro atoms. The van der Waals surface area contributed by atoms with Crippen LogP contribution in [0.25, 0.3) is 0 Å². The molecule has 1 aromatic heterocycles. The Balaban J connectivity index is 2.56. The maximum atomic E-state index is 11.7. The summed E-state index contributed by atoms with van der Waals surface area (Å²) in [7, 11) is 3.37. The topological polar surface area (TPSA) is 81.1 Å². The number of likely N-dealkylation sites (N-methyl/N-ethyl adjacent to an activating group) is 1. The number of aryl methyl sites for hydroxylation is 1. The molecule has 0 fully saturated rings. The van der Waals surface area contributed by atoms with E-state index in [1.807, 2.05) is 0 Å². The largest absolute Gasteiger partial charge is 0.340 e. The molecule has 6 heteroatoms. The highest BCUT2D eigenvalue weighted by atomic mass is 16.2. The molecule has 0 saturated carbocycles. The zero-order valence-electron chi connectivity index (χ0n) is 10.8. The first-order valence-electron chi connectivity index (χ1n) is 5.69. The number of ketones is 3. The van der Waals surface area contributed by atoms with Gasteiger partial charge in [-0.2, -0.15) is 0 Å². The van der Waals surface area contributed by atoms with Gasteiger partial charge in [-0.3, -0.25) is 14.4 Å². The summed E-state index contributed by atoms with van der Waals surface area (Å²) in [5, 5.41) is 2.81. The Bertz CT molecular complexity index is 465. The summed E-state index contributed by atoms with van der Waals surface area (Å²) >= 11 is 0. The first kappa shape index (κ1) is 14.2. The summed E-state index contributed by atoms with van der Waals surface area (Å²) in [4.78, 5) is 38.3. The Morgan fingerprint density at radius 3 is 2.56 bits per heavy atom. The minimum Gasteiger partial charge on any atom is -0.340 e. The van der Waals surface area contributed by atoms with Gasteiger partial charge in [0.05, 0.1) is 12.4 Å². The van der Waals surface area contributed by atoms with Crippen molar-refractivity contribution in [1.29, 1.82) is 0 Å². The van der Waals surface area contributed by atoms with Gasteiger partial charge < -0.3 is 9.88 Å². The lowest BCUT2D eigenvalue weighted by atomic mass is 10.0. The molecule has 6 nitrogen and oxygen atoms in total. The van der Waals surface area contributed by atoms with Gasteiger partial charge >= 0.3 is 0 Å². The molecule has 0 saturated heterocycles. The second-order valence-electron chi connectivity index (χ2n) is 4.17. The molecule has 0 amide bonds. The molecule has 0 aliphatic rings. The number of Topliss-reactive ketones (excluding diaryl/α,β-unsaturated/α-hetero) is 3. The maximum absolute atomic E-state index is 11.7. The van der Waals surface area contributed by atoms with Gasteiger partial charge in [0.25, 0.3) is 0 Å². The fraction of sp³-hybridized carbons (Fsp3) is 0.500. The minimum atomic E-state index is -0.603. The van der Waals surface area contributed by atoms with Crippen molar-refractivity contribution in [3.63, 3.8) is 0 Å². The molecular weight excluding hydrogens is 234 g/mol. The number of hydrogen-bond acceptors (Lipinski definition) is 5. The van der Waals surface area contributed by atoms with E-state index in [-0.39, 0.29) is 23.9 Å². The van der Waals surface area contributed by atoms with Crippen LogP contribution in [0.2, 0.25) is 0 Å². The van der Waals surface area contributed by atoms with Gasteiger partial charge in [0.15, 0.2) is 0 Å². The minimum absolute atomic E-state index is 0.0422. The van der Waals surface area contributed by atoms with Gasteiger partial charge in [0.1, 0.15) is 11.5 Å². The molecule has 0 aliphatic heterocycles. The van der Waals surface area contributed by atoms with Crippen LogP contribution in [0.4, 0.5) is 0 Å². The van der Waals surface area contributed by atoms with Crippen molar-refractivity contribution in [3.8, 4) is 0 Å².